The molecule has 1 fully saturated rings. The van der Waals surface area contributed by atoms with E-state index in [0.717, 1.165) is 37.7 Å². The summed E-state index contributed by atoms with van der Waals surface area (Å²) in [5.74, 6) is -0.445. The number of carbonyl (C=O) groups is 1. The Morgan fingerprint density at radius 1 is 1.47 bits per heavy atom. The fourth-order valence-corrected chi connectivity index (χ4v) is 3.15. The second kappa shape index (κ2) is 6.45. The summed E-state index contributed by atoms with van der Waals surface area (Å²) in [6.07, 6.45) is 0.0255. The van der Waals surface area contributed by atoms with Gasteiger partial charge >= 0.3 is 5.97 Å². The standard InChI is InChI=1S/C13H21N3O2S/c1-10(8-16-5-3-15(2)4-6-16)13-14-11(9-19-13)7-12(17)18/h9-10H,3-8H2,1-2H3,(H,17,18). The maximum Gasteiger partial charge on any atom is 0.309 e. The SMILES string of the molecule is CC(CN1CCN(C)CC1)c1nc(CC(=O)O)cs1. The summed E-state index contributed by atoms with van der Waals surface area (Å²) in [5.41, 5.74) is 0.678. The smallest absolute Gasteiger partial charge is 0.309 e. The van der Waals surface area contributed by atoms with Crippen LogP contribution in [0.25, 0.3) is 0 Å². The van der Waals surface area contributed by atoms with Crippen molar-refractivity contribution < 1.29 is 9.90 Å². The number of aliphatic carboxylic acids is 1. The van der Waals surface area contributed by atoms with Gasteiger partial charge in [-0.1, -0.05) is 6.92 Å². The Labute approximate surface area is 117 Å². The molecule has 0 bridgehead atoms. The van der Waals surface area contributed by atoms with Crippen LogP contribution < -0.4 is 0 Å². The molecule has 6 heteroatoms. The highest BCUT2D eigenvalue weighted by molar-refractivity contribution is 7.09. The Hall–Kier alpha value is -0.980. The van der Waals surface area contributed by atoms with Gasteiger partial charge in [0, 0.05) is 44.0 Å². The topological polar surface area (TPSA) is 56.7 Å². The number of nitrogens with zero attached hydrogens (tertiary/aromatic N) is 3. The maximum atomic E-state index is 10.6. The molecule has 0 amide bonds. The van der Waals surface area contributed by atoms with Gasteiger partial charge < -0.3 is 14.9 Å². The quantitative estimate of drug-likeness (QED) is 0.877. The lowest BCUT2D eigenvalue weighted by Crippen LogP contribution is -2.45. The zero-order valence-electron chi connectivity index (χ0n) is 11.5. The van der Waals surface area contributed by atoms with E-state index in [4.69, 9.17) is 5.11 Å². The molecule has 1 atom stereocenters. The molecular formula is C13H21N3O2S. The molecule has 1 aromatic heterocycles. The summed E-state index contributed by atoms with van der Waals surface area (Å²) in [5, 5.41) is 11.7. The Morgan fingerprint density at radius 3 is 2.79 bits per heavy atom. The highest BCUT2D eigenvalue weighted by Gasteiger charge is 2.19. The monoisotopic (exact) mass is 283 g/mol. The summed E-state index contributed by atoms with van der Waals surface area (Å²) < 4.78 is 0. The fourth-order valence-electron chi connectivity index (χ4n) is 2.28. The predicted octanol–water partition coefficient (Wildman–Crippen LogP) is 1.12. The average Bonchev–Trinajstić information content (AvgIpc) is 2.80. The first-order valence-electron chi connectivity index (χ1n) is 6.61. The number of carboxylic acids is 1. The summed E-state index contributed by atoms with van der Waals surface area (Å²) >= 11 is 1.58. The molecule has 2 heterocycles. The molecule has 1 unspecified atom stereocenters. The lowest BCUT2D eigenvalue weighted by Gasteiger charge is -2.33. The van der Waals surface area contributed by atoms with Crippen molar-refractivity contribution in [3.63, 3.8) is 0 Å². The normalized spacial score (nSPS) is 19.5. The van der Waals surface area contributed by atoms with E-state index < -0.39 is 5.97 Å². The van der Waals surface area contributed by atoms with E-state index >= 15 is 0 Å². The molecule has 19 heavy (non-hydrogen) atoms. The number of piperazine rings is 1. The minimum absolute atomic E-state index is 0.0255. The van der Waals surface area contributed by atoms with Crippen LogP contribution in [-0.4, -0.2) is 65.6 Å². The van der Waals surface area contributed by atoms with Crippen LogP contribution in [0.15, 0.2) is 5.38 Å². The first kappa shape index (κ1) is 14.4. The number of likely N-dealkylation sites (N-methyl/N-ethyl adjacent to an activating group) is 1. The Morgan fingerprint density at radius 2 is 2.16 bits per heavy atom. The summed E-state index contributed by atoms with van der Waals surface area (Å²) in [6.45, 7) is 7.63. The van der Waals surface area contributed by atoms with Gasteiger partial charge in [0.1, 0.15) is 0 Å². The highest BCUT2D eigenvalue weighted by atomic mass is 32.1. The lowest BCUT2D eigenvalue weighted by molar-refractivity contribution is -0.136. The molecule has 0 aromatic carbocycles. The van der Waals surface area contributed by atoms with Gasteiger partial charge in [-0.15, -0.1) is 11.3 Å². The van der Waals surface area contributed by atoms with Crippen LogP contribution in [0.4, 0.5) is 0 Å². The van der Waals surface area contributed by atoms with Crippen LogP contribution in [-0.2, 0) is 11.2 Å². The first-order chi connectivity index (χ1) is 9.04. The minimum atomic E-state index is -0.816. The van der Waals surface area contributed by atoms with Crippen molar-refractivity contribution in [2.24, 2.45) is 0 Å². The number of carboxylic acid groups (broad SMARTS) is 1. The molecular weight excluding hydrogens is 262 g/mol. The zero-order valence-corrected chi connectivity index (χ0v) is 12.3. The molecule has 5 nitrogen and oxygen atoms in total. The predicted molar refractivity (Wildman–Crippen MR) is 75.8 cm³/mol. The second-order valence-electron chi connectivity index (χ2n) is 5.25. The second-order valence-corrected chi connectivity index (χ2v) is 6.14. The Kier molecular flexibility index (Phi) is 4.90. The third-order valence-electron chi connectivity index (χ3n) is 3.45. The molecule has 0 spiro atoms. The van der Waals surface area contributed by atoms with Crippen LogP contribution >= 0.6 is 11.3 Å². The van der Waals surface area contributed by atoms with Crippen molar-refractivity contribution in [1.82, 2.24) is 14.8 Å². The van der Waals surface area contributed by atoms with Crippen molar-refractivity contribution in [3.05, 3.63) is 16.1 Å². The molecule has 106 valence electrons. The van der Waals surface area contributed by atoms with Gasteiger partial charge in [-0.05, 0) is 7.05 Å². The highest BCUT2D eigenvalue weighted by Crippen LogP contribution is 2.21. The van der Waals surface area contributed by atoms with Crippen LogP contribution in [0.1, 0.15) is 23.5 Å². The molecule has 1 saturated heterocycles. The van der Waals surface area contributed by atoms with E-state index in [2.05, 4.69) is 28.8 Å². The average molecular weight is 283 g/mol. The molecule has 0 aliphatic carbocycles. The largest absolute Gasteiger partial charge is 0.481 e. The summed E-state index contributed by atoms with van der Waals surface area (Å²) in [6, 6.07) is 0. The van der Waals surface area contributed by atoms with E-state index in [-0.39, 0.29) is 6.42 Å². The van der Waals surface area contributed by atoms with Crippen LogP contribution in [0.2, 0.25) is 0 Å². The van der Waals surface area contributed by atoms with Crippen LogP contribution in [0.5, 0.6) is 0 Å². The van der Waals surface area contributed by atoms with Gasteiger partial charge in [0.25, 0.3) is 0 Å². The third kappa shape index (κ3) is 4.26. The minimum Gasteiger partial charge on any atom is -0.481 e. The molecule has 2 rings (SSSR count). The van der Waals surface area contributed by atoms with Crippen molar-refractivity contribution in [1.29, 1.82) is 0 Å². The van der Waals surface area contributed by atoms with E-state index in [1.165, 1.54) is 0 Å². The number of hydrogen-bond donors (Lipinski definition) is 1. The summed E-state index contributed by atoms with van der Waals surface area (Å²) in [7, 11) is 2.15. The van der Waals surface area contributed by atoms with E-state index in [1.807, 2.05) is 5.38 Å². The molecule has 1 aliphatic rings. The Balaban J connectivity index is 1.87. The van der Waals surface area contributed by atoms with Gasteiger partial charge in [-0.2, -0.15) is 0 Å². The van der Waals surface area contributed by atoms with Crippen molar-refractivity contribution in [3.8, 4) is 0 Å². The van der Waals surface area contributed by atoms with Crippen LogP contribution in [0, 0.1) is 0 Å². The van der Waals surface area contributed by atoms with E-state index in [9.17, 15) is 4.79 Å². The van der Waals surface area contributed by atoms with E-state index in [1.54, 1.807) is 11.3 Å². The van der Waals surface area contributed by atoms with Gasteiger partial charge in [-0.3, -0.25) is 4.79 Å². The lowest BCUT2D eigenvalue weighted by atomic mass is 10.1. The van der Waals surface area contributed by atoms with E-state index in [0.29, 0.717) is 11.6 Å². The van der Waals surface area contributed by atoms with Crippen LogP contribution in [0.3, 0.4) is 0 Å². The molecule has 1 N–H and O–H groups in total. The van der Waals surface area contributed by atoms with Crippen molar-refractivity contribution >= 4 is 17.3 Å². The number of hydrogen-bond acceptors (Lipinski definition) is 5. The fraction of sp³-hybridized carbons (Fsp3) is 0.692. The number of thiazole rings is 1. The van der Waals surface area contributed by atoms with Crippen molar-refractivity contribution in [2.45, 2.75) is 19.3 Å². The van der Waals surface area contributed by atoms with Gasteiger partial charge in [-0.25, -0.2) is 4.98 Å². The molecule has 1 aliphatic heterocycles. The van der Waals surface area contributed by atoms with Gasteiger partial charge in [0.2, 0.25) is 0 Å². The number of rotatable bonds is 5. The molecule has 0 saturated carbocycles. The summed E-state index contributed by atoms with van der Waals surface area (Å²) in [4.78, 5) is 19.9. The first-order valence-corrected chi connectivity index (χ1v) is 7.49. The molecule has 1 aromatic rings. The van der Waals surface area contributed by atoms with Crippen molar-refractivity contribution in [2.75, 3.05) is 39.8 Å². The Bertz CT molecular complexity index is 427. The zero-order chi connectivity index (χ0) is 13.8. The van der Waals surface area contributed by atoms with Gasteiger partial charge in [0.15, 0.2) is 0 Å². The molecule has 0 radical (unpaired) electrons. The number of aromatic nitrogens is 1. The van der Waals surface area contributed by atoms with Gasteiger partial charge in [0.05, 0.1) is 17.1 Å². The maximum absolute atomic E-state index is 10.6. The third-order valence-corrected chi connectivity index (χ3v) is 4.58.